The van der Waals surface area contributed by atoms with Gasteiger partial charge in [0, 0.05) is 44.6 Å². The third-order valence-corrected chi connectivity index (χ3v) is 19.6. The lowest BCUT2D eigenvalue weighted by Gasteiger charge is -2.30. The number of nitrogens with one attached hydrogen (secondary N) is 17. The molecule has 127 heavy (non-hydrogen) atoms. The highest BCUT2D eigenvalue weighted by atomic mass is 32.1. The molecule has 0 saturated carbocycles. The quantitative estimate of drug-likeness (QED) is 0.0116. The van der Waals surface area contributed by atoms with Gasteiger partial charge in [0.1, 0.15) is 78.5 Å². The van der Waals surface area contributed by atoms with Gasteiger partial charge in [-0.05, 0) is 95.3 Å². The monoisotopic (exact) mass is 1830 g/mol. The van der Waals surface area contributed by atoms with E-state index in [0.717, 1.165) is 16.7 Å². The molecule has 0 aromatic heterocycles. The molecular formula is C74H120N22O30S. The molecule has 0 aromatic rings. The smallest absolute Gasteiger partial charge is 0.326 e. The van der Waals surface area contributed by atoms with Crippen LogP contribution < -0.4 is 102 Å². The molecule has 2 fully saturated rings. The molecule has 2 aliphatic rings. The Morgan fingerprint density at radius 2 is 0.819 bits per heavy atom. The van der Waals surface area contributed by atoms with Crippen molar-refractivity contribution in [2.45, 2.75) is 242 Å². The number of carboxylic acid groups (broad SMARTS) is 5. The molecule has 0 bridgehead atoms. The average molecular weight is 1830 g/mol. The van der Waals surface area contributed by atoms with Crippen molar-refractivity contribution in [3.05, 3.63) is 0 Å². The fourth-order valence-corrected chi connectivity index (χ4v) is 13.0. The number of aliphatic hydroxyl groups excluding tert-OH is 2. The topological polar surface area (TPSA) is 835 Å². The van der Waals surface area contributed by atoms with Crippen LogP contribution >= 0.6 is 12.6 Å². The summed E-state index contributed by atoms with van der Waals surface area (Å²) in [5.74, 6) is -29.9. The van der Waals surface area contributed by atoms with Crippen LogP contribution in [0, 0.1) is 23.2 Å². The number of nitrogens with zero attached hydrogens (tertiary/aromatic N) is 2. The maximum atomic E-state index is 14.2. The number of carboxylic acids is 5. The molecule has 712 valence electrons. The van der Waals surface area contributed by atoms with E-state index in [1.54, 1.807) is 27.7 Å². The molecule has 0 spiro atoms. The number of thiol groups is 1. The molecule has 2 rings (SSSR count). The van der Waals surface area contributed by atoms with Gasteiger partial charge in [0.25, 0.3) is 0 Å². The first-order valence-corrected chi connectivity index (χ1v) is 41.2. The molecular weight excluding hydrogens is 1710 g/mol. The molecule has 2 aliphatic heterocycles. The number of nitrogens with two attached hydrogens (primary N) is 3. The van der Waals surface area contributed by atoms with Crippen LogP contribution in [0.5, 0.6) is 0 Å². The molecule has 0 radical (unpaired) electrons. The van der Waals surface area contributed by atoms with E-state index in [0.29, 0.717) is 6.42 Å². The highest BCUT2D eigenvalue weighted by molar-refractivity contribution is 7.80. The number of likely N-dealkylation sites (tertiary alicyclic amines) is 2. The summed E-state index contributed by atoms with van der Waals surface area (Å²) in [7, 11) is 0. The predicted octanol–water partition coefficient (Wildman–Crippen LogP) is -11.6. The number of carbonyl (C=O) groups excluding carboxylic acids is 18. The highest BCUT2D eigenvalue weighted by Crippen LogP contribution is 2.22. The van der Waals surface area contributed by atoms with E-state index >= 15 is 0 Å². The summed E-state index contributed by atoms with van der Waals surface area (Å²) in [6, 6.07) is -23.3. The zero-order valence-electron chi connectivity index (χ0n) is 71.2. The molecule has 52 nitrogen and oxygen atoms in total. The maximum absolute atomic E-state index is 14.2. The number of hydrogen-bond acceptors (Lipinski definition) is 28. The lowest BCUT2D eigenvalue weighted by molar-refractivity contribution is -0.148. The van der Waals surface area contributed by atoms with E-state index in [1.807, 2.05) is 0 Å². The fraction of sp³-hybridized carbons (Fsp3) is 0.676. The van der Waals surface area contributed by atoms with Gasteiger partial charge in [-0.2, -0.15) is 12.6 Å². The first-order chi connectivity index (χ1) is 59.4. The highest BCUT2D eigenvalue weighted by Gasteiger charge is 2.43. The van der Waals surface area contributed by atoms with Crippen molar-refractivity contribution in [3.63, 3.8) is 0 Å². The van der Waals surface area contributed by atoms with E-state index < -0.39 is 328 Å². The van der Waals surface area contributed by atoms with Gasteiger partial charge in [-0.1, -0.05) is 41.5 Å². The number of aliphatic carboxylic acids is 5. The minimum absolute atomic E-state index is 0.00983. The van der Waals surface area contributed by atoms with Crippen molar-refractivity contribution >= 4 is 155 Å². The van der Waals surface area contributed by atoms with Crippen LogP contribution in [0.15, 0.2) is 0 Å². The second-order valence-electron chi connectivity index (χ2n) is 31.1. The first kappa shape index (κ1) is 110. The third kappa shape index (κ3) is 40.9. The zero-order chi connectivity index (χ0) is 96.4. The van der Waals surface area contributed by atoms with Crippen molar-refractivity contribution in [2.75, 3.05) is 58.2 Å². The summed E-state index contributed by atoms with van der Waals surface area (Å²) in [5, 5.41) is 112. The van der Waals surface area contributed by atoms with E-state index in [1.165, 1.54) is 13.8 Å². The summed E-state index contributed by atoms with van der Waals surface area (Å²) in [6.07, 6.45) is -7.43. The number of hydrogen-bond donors (Lipinski definition) is 28. The number of rotatable bonds is 58. The second kappa shape index (κ2) is 55.6. The van der Waals surface area contributed by atoms with Crippen LogP contribution in [0.4, 0.5) is 0 Å². The van der Waals surface area contributed by atoms with Gasteiger partial charge in [0.2, 0.25) is 106 Å². The Morgan fingerprint density at radius 1 is 0.417 bits per heavy atom. The SMILES string of the molecule is CC(C)C[C@H](NC(=O)[C@H](CO)NC(=O)CNC(=O)[C@H](CCCNC(=N)N)NC(=O)CNC(=O)[C@@H](N)CCC(=O)O)C(=O)N[C@@H](CC(C)C)C(=O)N[C@H](C(=O)N[C@@H](CS)C(=O)NCC(=O)N[C@@H](CC(=O)O)C(=O)N[C@H](C(=O)N[C@@H](CCC(=O)O)C(=O)N[C@@H](CCC(=O)O)C(=O)N[C@@H](CC(N)=O)C(=O)N1CCC[C@H]1C(=O)NCC(=O)N1CCC[C@H]1C(=O)O)C(C)C)[C@@H](C)O. The van der Waals surface area contributed by atoms with E-state index in [-0.39, 0.29) is 76.9 Å². The zero-order valence-corrected chi connectivity index (χ0v) is 72.1. The van der Waals surface area contributed by atoms with Crippen molar-refractivity contribution in [3.8, 4) is 0 Å². The summed E-state index contributed by atoms with van der Waals surface area (Å²) in [4.78, 5) is 304. The van der Waals surface area contributed by atoms with Crippen LogP contribution in [-0.2, 0) is 110 Å². The molecule has 15 atom stereocenters. The molecule has 0 aromatic carbocycles. The summed E-state index contributed by atoms with van der Waals surface area (Å²) >= 11 is 4.10. The van der Waals surface area contributed by atoms with Gasteiger partial charge in [-0.15, -0.1) is 0 Å². The van der Waals surface area contributed by atoms with E-state index in [2.05, 4.69) is 97.7 Å². The number of carbonyl (C=O) groups is 23. The van der Waals surface area contributed by atoms with Gasteiger partial charge >= 0.3 is 29.8 Å². The van der Waals surface area contributed by atoms with Crippen LogP contribution in [0.1, 0.15) is 151 Å². The molecule has 0 aliphatic carbocycles. The predicted molar refractivity (Wildman–Crippen MR) is 441 cm³/mol. The van der Waals surface area contributed by atoms with Crippen molar-refractivity contribution in [2.24, 2.45) is 35.0 Å². The second-order valence-corrected chi connectivity index (χ2v) is 31.5. The Balaban J connectivity index is 2.26. The summed E-state index contributed by atoms with van der Waals surface area (Å²) in [5.41, 5.74) is 16.4. The van der Waals surface area contributed by atoms with Crippen LogP contribution in [0.2, 0.25) is 0 Å². The van der Waals surface area contributed by atoms with E-state index in [4.69, 9.17) is 27.7 Å². The summed E-state index contributed by atoms with van der Waals surface area (Å²) in [6.45, 7) is 5.97. The van der Waals surface area contributed by atoms with Crippen LogP contribution in [-0.4, -0.2) is 337 Å². The minimum Gasteiger partial charge on any atom is -0.481 e. The lowest BCUT2D eigenvalue weighted by atomic mass is 9.99. The third-order valence-electron chi connectivity index (χ3n) is 19.3. The van der Waals surface area contributed by atoms with Crippen LogP contribution in [0.3, 0.4) is 0 Å². The number of aliphatic hydroxyl groups is 2. The molecule has 2 heterocycles. The Kier molecular flexibility index (Phi) is 48.3. The summed E-state index contributed by atoms with van der Waals surface area (Å²) < 4.78 is 0. The van der Waals surface area contributed by atoms with Gasteiger partial charge in [0.05, 0.1) is 57.8 Å². The Bertz CT molecular complexity index is 3970. The fourth-order valence-electron chi connectivity index (χ4n) is 12.7. The first-order valence-electron chi connectivity index (χ1n) is 40.6. The molecule has 53 heteroatoms. The molecule has 0 unspecified atom stereocenters. The Labute approximate surface area is 733 Å². The maximum Gasteiger partial charge on any atom is 0.326 e. The Hall–Kier alpha value is -12.7. The molecule has 18 amide bonds. The molecule has 2 saturated heterocycles. The van der Waals surface area contributed by atoms with Crippen LogP contribution in [0.25, 0.3) is 0 Å². The van der Waals surface area contributed by atoms with Gasteiger partial charge in [-0.3, -0.25) is 111 Å². The number of guanidine groups is 1. The number of primary amides is 1. The normalized spacial score (nSPS) is 16.5. The van der Waals surface area contributed by atoms with Gasteiger partial charge < -0.3 is 148 Å². The van der Waals surface area contributed by atoms with Crippen molar-refractivity contribution < 1.29 is 146 Å². The minimum atomic E-state index is -2.08. The van der Waals surface area contributed by atoms with Gasteiger partial charge in [-0.25, -0.2) is 4.79 Å². The number of amides is 18. The standard InChI is InChI=1S/C74H120N22O30S/c1-33(2)23-41(90-68(120)45(31-97)86-52(102)29-81-61(113)38(11-8-20-79-74(77)78)84-50(100)27-80-60(112)37(75)14-17-54(104)105)65(117)89-42(24-34(3)4)66(118)94-59(36(7)98)71(123)92-46(32-127)62(114)82-28-51(101)85-43(26-57(110)111)67(119)93-58(35(5)6)70(122)88-40(16-19-56(108)109)63(115)87-39(15-18-55(106)107)64(116)91-44(25-49(76)99)72(124)96-22-9-12-47(96)69(121)83-30-53(103)95-21-10-13-48(95)73(125)126/h33-48,58-59,97-98,127H,8-32,75H2,1-7H3,(H2,76,99)(H,80,112)(H,81,113)(H,82,114)(H,83,121)(H,84,100)(H,85,101)(H,86,102)(H,87,115)(H,88,122)(H,89,117)(H,90,120)(H,91,116)(H,92,123)(H,93,119)(H,94,118)(H,104,105)(H,106,107)(H,108,109)(H,110,111)(H,125,126)(H4,77,78,79)/t36-,37+,38+,39+,40+,41+,42+,43+,44+,45+,46+,47+,48+,58+,59+/m1/s1. The van der Waals surface area contributed by atoms with Gasteiger partial charge in [0.15, 0.2) is 5.96 Å². The van der Waals surface area contributed by atoms with E-state index in [9.17, 15) is 141 Å². The van der Waals surface area contributed by atoms with Crippen molar-refractivity contribution in [1.29, 1.82) is 5.41 Å². The lowest BCUT2D eigenvalue weighted by Crippen LogP contribution is -2.62. The largest absolute Gasteiger partial charge is 0.481 e. The Morgan fingerprint density at radius 3 is 1.28 bits per heavy atom. The average Bonchev–Trinajstić information content (AvgIpc) is 1.74. The molecule has 30 N–H and O–H groups in total. The van der Waals surface area contributed by atoms with Crippen molar-refractivity contribution in [1.82, 2.24) is 94.9 Å².